The number of aromatic nitrogens is 2. The van der Waals surface area contributed by atoms with E-state index in [-0.39, 0.29) is 21.4 Å². The van der Waals surface area contributed by atoms with E-state index in [4.69, 9.17) is 23.2 Å². The summed E-state index contributed by atoms with van der Waals surface area (Å²) in [5, 5.41) is 2.93. The number of hydrogen-bond acceptors (Lipinski definition) is 2. The lowest BCUT2D eigenvalue weighted by Crippen LogP contribution is -2.30. The number of aromatic amines is 1. The maximum atomic E-state index is 13.7. The van der Waals surface area contributed by atoms with E-state index in [0.29, 0.717) is 5.69 Å². The smallest absolute Gasteiger partial charge is 0.295 e. The van der Waals surface area contributed by atoms with Crippen molar-refractivity contribution in [3.05, 3.63) is 80.2 Å². The molecule has 0 unspecified atom stereocenters. The van der Waals surface area contributed by atoms with Crippen LogP contribution in [0.4, 0.5) is 18.9 Å². The molecular weight excluding hydrogens is 402 g/mol. The Morgan fingerprint density at radius 1 is 1.07 bits per heavy atom. The highest BCUT2D eigenvalue weighted by atomic mass is 35.5. The zero-order chi connectivity index (χ0) is 19.8. The van der Waals surface area contributed by atoms with Crippen molar-refractivity contribution in [2.24, 2.45) is 4.99 Å². The second-order valence-electron chi connectivity index (χ2n) is 5.67. The molecule has 0 saturated heterocycles. The topological polar surface area (TPSA) is 50.1 Å². The van der Waals surface area contributed by atoms with E-state index in [9.17, 15) is 18.0 Å². The van der Waals surface area contributed by atoms with Gasteiger partial charge in [0.2, 0.25) is 0 Å². The average Bonchev–Trinajstić information content (AvgIpc) is 2.86. The molecule has 1 aromatic heterocycles. The van der Waals surface area contributed by atoms with Gasteiger partial charge in [-0.25, -0.2) is 9.67 Å². The quantitative estimate of drug-likeness (QED) is 0.569. The molecule has 0 spiro atoms. The molecule has 0 aliphatic heterocycles. The number of benzene rings is 2. The maximum absolute atomic E-state index is 13.7. The summed E-state index contributed by atoms with van der Waals surface area (Å²) in [5.74, 6) is 0. The number of nitrogens with zero attached hydrogens (tertiary/aromatic N) is 2. The molecule has 0 atom stereocenters. The minimum absolute atomic E-state index is 0.0352. The molecule has 2 aromatic carbocycles. The van der Waals surface area contributed by atoms with Crippen LogP contribution in [0.15, 0.2) is 58.3 Å². The highest BCUT2D eigenvalue weighted by Crippen LogP contribution is 2.29. The van der Waals surface area contributed by atoms with Gasteiger partial charge in [0.15, 0.2) is 5.71 Å². The van der Waals surface area contributed by atoms with Gasteiger partial charge in [0, 0.05) is 15.7 Å². The van der Waals surface area contributed by atoms with Crippen molar-refractivity contribution in [2.75, 3.05) is 0 Å². The van der Waals surface area contributed by atoms with Gasteiger partial charge in [0.25, 0.3) is 5.56 Å². The Morgan fingerprint density at radius 2 is 1.67 bits per heavy atom. The minimum atomic E-state index is -4.87. The summed E-state index contributed by atoms with van der Waals surface area (Å²) >= 11 is 11.7. The molecule has 0 aliphatic rings. The number of nitrogens with one attached hydrogen (secondary N) is 1. The van der Waals surface area contributed by atoms with Gasteiger partial charge in [-0.3, -0.25) is 9.89 Å². The van der Waals surface area contributed by atoms with Crippen molar-refractivity contribution in [1.82, 2.24) is 9.78 Å². The van der Waals surface area contributed by atoms with Crippen LogP contribution in [0.25, 0.3) is 5.69 Å². The van der Waals surface area contributed by atoms with Crippen LogP contribution in [0.5, 0.6) is 0 Å². The molecule has 9 heteroatoms. The zero-order valence-corrected chi connectivity index (χ0v) is 15.3. The Hall–Kier alpha value is -2.51. The molecular formula is C18H12Cl2F3N3O. The fourth-order valence-electron chi connectivity index (χ4n) is 2.58. The summed E-state index contributed by atoms with van der Waals surface area (Å²) < 4.78 is 42.2. The molecule has 0 amide bonds. The Bertz CT molecular complexity index is 1050. The second-order valence-corrected chi connectivity index (χ2v) is 6.55. The Balaban J connectivity index is 2.22. The van der Waals surface area contributed by atoms with E-state index in [0.717, 1.165) is 4.68 Å². The van der Waals surface area contributed by atoms with Crippen LogP contribution >= 0.6 is 23.2 Å². The summed E-state index contributed by atoms with van der Waals surface area (Å²) in [6, 6.07) is 12.1. The molecule has 3 aromatic rings. The van der Waals surface area contributed by atoms with Crippen molar-refractivity contribution in [3.8, 4) is 5.69 Å². The van der Waals surface area contributed by atoms with E-state index >= 15 is 0 Å². The number of H-pyrrole nitrogens is 1. The van der Waals surface area contributed by atoms with Gasteiger partial charge in [-0.1, -0.05) is 41.4 Å². The van der Waals surface area contributed by atoms with E-state index in [1.165, 1.54) is 25.1 Å². The number of aliphatic imine (C=N–C) groups is 1. The van der Waals surface area contributed by atoms with E-state index in [2.05, 4.69) is 10.1 Å². The van der Waals surface area contributed by atoms with Gasteiger partial charge in [-0.2, -0.15) is 13.2 Å². The minimum Gasteiger partial charge on any atom is -0.295 e. The molecule has 4 nitrogen and oxygen atoms in total. The molecule has 0 radical (unpaired) electrons. The SMILES string of the molecule is Cc1[nH]n(-c2ccccc2)c(=O)c1C(=Nc1cc(Cl)cc(Cl)c1)C(F)(F)F. The molecule has 0 saturated carbocycles. The molecule has 1 heterocycles. The van der Waals surface area contributed by atoms with Gasteiger partial charge in [-0.05, 0) is 37.3 Å². The van der Waals surface area contributed by atoms with Crippen molar-refractivity contribution < 1.29 is 13.2 Å². The normalized spacial score (nSPS) is 12.4. The summed E-state index contributed by atoms with van der Waals surface area (Å²) in [4.78, 5) is 16.3. The number of hydrogen-bond donors (Lipinski definition) is 1. The molecule has 27 heavy (non-hydrogen) atoms. The molecule has 3 rings (SSSR count). The van der Waals surface area contributed by atoms with Crippen LogP contribution in [-0.4, -0.2) is 21.7 Å². The van der Waals surface area contributed by atoms with Gasteiger partial charge >= 0.3 is 6.18 Å². The van der Waals surface area contributed by atoms with Crippen LogP contribution in [0.3, 0.4) is 0 Å². The molecule has 0 fully saturated rings. The summed E-state index contributed by atoms with van der Waals surface area (Å²) in [6.07, 6.45) is -4.87. The number of alkyl halides is 3. The summed E-state index contributed by atoms with van der Waals surface area (Å²) in [5.41, 5.74) is -2.41. The first-order valence-corrected chi connectivity index (χ1v) is 8.42. The molecule has 0 aliphatic carbocycles. The Kier molecular flexibility index (Phi) is 5.17. The molecule has 140 valence electrons. The number of halogens is 5. The van der Waals surface area contributed by atoms with Crippen LogP contribution in [0.1, 0.15) is 11.3 Å². The monoisotopic (exact) mass is 413 g/mol. The number of rotatable bonds is 3. The highest BCUT2D eigenvalue weighted by Gasteiger charge is 2.40. The predicted octanol–water partition coefficient (Wildman–Crippen LogP) is 5.46. The van der Waals surface area contributed by atoms with Crippen molar-refractivity contribution in [2.45, 2.75) is 13.1 Å². The van der Waals surface area contributed by atoms with Crippen LogP contribution in [0, 0.1) is 6.92 Å². The predicted molar refractivity (Wildman–Crippen MR) is 99.8 cm³/mol. The van der Waals surface area contributed by atoms with Crippen molar-refractivity contribution in [3.63, 3.8) is 0 Å². The first-order chi connectivity index (χ1) is 12.7. The fourth-order valence-corrected chi connectivity index (χ4v) is 3.09. The third-order valence-electron chi connectivity index (χ3n) is 3.68. The number of para-hydroxylation sites is 1. The van der Waals surface area contributed by atoms with Gasteiger partial charge in [-0.15, -0.1) is 0 Å². The first kappa shape index (κ1) is 19.3. The van der Waals surface area contributed by atoms with Crippen LogP contribution < -0.4 is 5.56 Å². The second kappa shape index (κ2) is 7.25. The van der Waals surface area contributed by atoms with Crippen molar-refractivity contribution >= 4 is 34.6 Å². The van der Waals surface area contributed by atoms with Gasteiger partial charge in [0.05, 0.1) is 16.9 Å². The van der Waals surface area contributed by atoms with E-state index in [1.807, 2.05) is 0 Å². The van der Waals surface area contributed by atoms with Gasteiger partial charge in [0.1, 0.15) is 0 Å². The fraction of sp³-hybridized carbons (Fsp3) is 0.111. The third kappa shape index (κ3) is 4.09. The van der Waals surface area contributed by atoms with Crippen LogP contribution in [-0.2, 0) is 0 Å². The first-order valence-electron chi connectivity index (χ1n) is 7.66. The van der Waals surface area contributed by atoms with Gasteiger partial charge < -0.3 is 0 Å². The summed E-state index contributed by atoms with van der Waals surface area (Å²) in [6.45, 7) is 1.38. The zero-order valence-electron chi connectivity index (χ0n) is 13.8. The Labute approximate surface area is 161 Å². The average molecular weight is 414 g/mol. The largest absolute Gasteiger partial charge is 0.434 e. The lowest BCUT2D eigenvalue weighted by atomic mass is 10.1. The van der Waals surface area contributed by atoms with Crippen molar-refractivity contribution in [1.29, 1.82) is 0 Å². The Morgan fingerprint density at radius 3 is 2.22 bits per heavy atom. The van der Waals surface area contributed by atoms with Crippen LogP contribution in [0.2, 0.25) is 10.0 Å². The highest BCUT2D eigenvalue weighted by molar-refractivity contribution is 6.35. The van der Waals surface area contributed by atoms with E-state index < -0.39 is 23.0 Å². The maximum Gasteiger partial charge on any atom is 0.434 e. The molecule has 0 bridgehead atoms. The molecule has 1 N–H and O–H groups in total. The lowest BCUT2D eigenvalue weighted by Gasteiger charge is -2.10. The summed E-state index contributed by atoms with van der Waals surface area (Å²) in [7, 11) is 0. The standard InChI is InChI=1S/C18H12Cl2F3N3O/c1-10-15(17(27)26(25-10)14-5-3-2-4-6-14)16(18(21,22)23)24-13-8-11(19)7-12(20)9-13/h2-9,25H,1H3. The lowest BCUT2D eigenvalue weighted by molar-refractivity contribution is -0.0580. The third-order valence-corrected chi connectivity index (χ3v) is 4.12. The number of aryl methyl sites for hydroxylation is 1. The van der Waals surface area contributed by atoms with E-state index in [1.54, 1.807) is 30.3 Å².